The van der Waals surface area contributed by atoms with Gasteiger partial charge >= 0.3 is 20.4 Å². The summed E-state index contributed by atoms with van der Waals surface area (Å²) in [6, 6.07) is 9.69. The van der Waals surface area contributed by atoms with Crippen LogP contribution >= 0.6 is 8.25 Å². The lowest BCUT2D eigenvalue weighted by molar-refractivity contribution is -0.385. The summed E-state index contributed by atoms with van der Waals surface area (Å²) in [5.41, 5.74) is -0.614. The zero-order valence-corrected chi connectivity index (χ0v) is 14.5. The molecule has 0 aliphatic rings. The van der Waals surface area contributed by atoms with Crippen molar-refractivity contribution in [1.82, 2.24) is 0 Å². The molecule has 2 amide bonds. The van der Waals surface area contributed by atoms with Crippen LogP contribution in [0.25, 0.3) is 0 Å². The Bertz CT molecular complexity index is 890. The molecular weight excluding hydrogens is 399 g/mol. The molecule has 0 aliphatic carbocycles. The van der Waals surface area contributed by atoms with E-state index in [0.717, 1.165) is 12.1 Å². The van der Waals surface area contributed by atoms with Crippen LogP contribution in [0.4, 0.5) is 32.3 Å². The molecular formula is C14H10N4O9P+. The molecule has 0 radical (unpaired) electrons. The maximum absolute atomic E-state index is 11.6. The van der Waals surface area contributed by atoms with Crippen molar-refractivity contribution in [2.45, 2.75) is 0 Å². The van der Waals surface area contributed by atoms with Gasteiger partial charge in [-0.2, -0.15) is 9.05 Å². The molecule has 0 aromatic heterocycles. The first-order valence-electron chi connectivity index (χ1n) is 7.18. The van der Waals surface area contributed by atoms with E-state index in [9.17, 15) is 34.4 Å². The monoisotopic (exact) mass is 409 g/mol. The van der Waals surface area contributed by atoms with Crippen molar-refractivity contribution in [2.75, 3.05) is 10.6 Å². The number of carbonyl (C=O) groups is 2. The summed E-state index contributed by atoms with van der Waals surface area (Å²) in [5, 5.41) is 25.5. The van der Waals surface area contributed by atoms with Gasteiger partial charge in [0.15, 0.2) is 0 Å². The van der Waals surface area contributed by atoms with Gasteiger partial charge in [-0.25, -0.2) is 9.59 Å². The summed E-state index contributed by atoms with van der Waals surface area (Å²) >= 11 is 0. The molecule has 0 saturated carbocycles. The average molecular weight is 409 g/mol. The van der Waals surface area contributed by atoms with Crippen LogP contribution in [-0.2, 0) is 13.6 Å². The highest BCUT2D eigenvalue weighted by Gasteiger charge is 2.32. The van der Waals surface area contributed by atoms with Crippen LogP contribution < -0.4 is 10.6 Å². The lowest BCUT2D eigenvalue weighted by Crippen LogP contribution is -2.14. The van der Waals surface area contributed by atoms with Gasteiger partial charge in [-0.3, -0.25) is 30.9 Å². The highest BCUT2D eigenvalue weighted by molar-refractivity contribution is 7.34. The number of rotatable bonds is 6. The second-order valence-electron chi connectivity index (χ2n) is 4.85. The van der Waals surface area contributed by atoms with E-state index in [1.54, 1.807) is 0 Å². The van der Waals surface area contributed by atoms with Crippen LogP contribution in [-0.4, -0.2) is 22.0 Å². The van der Waals surface area contributed by atoms with Crippen LogP contribution in [0.3, 0.4) is 0 Å². The third-order valence-corrected chi connectivity index (χ3v) is 3.55. The zero-order valence-electron chi connectivity index (χ0n) is 13.6. The van der Waals surface area contributed by atoms with Gasteiger partial charge in [0.25, 0.3) is 11.4 Å². The summed E-state index contributed by atoms with van der Waals surface area (Å²) in [6.45, 7) is 0. The molecule has 0 saturated heterocycles. The number of nitrogens with zero attached hydrogens (tertiary/aromatic N) is 2. The second kappa shape index (κ2) is 9.00. The van der Waals surface area contributed by atoms with Gasteiger partial charge in [0.2, 0.25) is 0 Å². The number of anilines is 2. The normalized spacial score (nSPS) is 9.71. The second-order valence-corrected chi connectivity index (χ2v) is 5.66. The Morgan fingerprint density at radius 1 is 0.821 bits per heavy atom. The van der Waals surface area contributed by atoms with Crippen molar-refractivity contribution in [3.8, 4) is 0 Å². The molecule has 0 unspecified atom stereocenters. The quantitative estimate of drug-likeness (QED) is 0.405. The minimum Gasteiger partial charge on any atom is -0.287 e. The van der Waals surface area contributed by atoms with Crippen molar-refractivity contribution in [3.05, 3.63) is 68.8 Å². The summed E-state index contributed by atoms with van der Waals surface area (Å²) in [6.07, 6.45) is -2.57. The summed E-state index contributed by atoms with van der Waals surface area (Å²) < 4.78 is 20.2. The van der Waals surface area contributed by atoms with E-state index in [0.29, 0.717) is 0 Å². The lowest BCUT2D eigenvalue weighted by atomic mass is 10.3. The summed E-state index contributed by atoms with van der Waals surface area (Å²) in [7, 11) is -3.23. The van der Waals surface area contributed by atoms with Gasteiger partial charge in [-0.15, -0.1) is 0 Å². The molecule has 0 aliphatic heterocycles. The molecule has 2 N–H and O–H groups in total. The number of nitrogens with one attached hydrogen (secondary N) is 2. The van der Waals surface area contributed by atoms with Crippen molar-refractivity contribution >= 4 is 43.2 Å². The van der Waals surface area contributed by atoms with Crippen molar-refractivity contribution in [1.29, 1.82) is 0 Å². The standard InChI is InChI=1S/C14H9N4O9P/c19-13(15-9-3-1-5-11(7-9)17(21)22)26-28(25)27-14(20)16-10-4-2-6-12(8-10)18(23)24/h1-8H,(H-,15,16,19,20)/p+1. The summed E-state index contributed by atoms with van der Waals surface area (Å²) in [5.74, 6) is 0. The first kappa shape index (κ1) is 20.2. The zero-order chi connectivity index (χ0) is 20.7. The number of nitro groups is 2. The molecule has 13 nitrogen and oxygen atoms in total. The van der Waals surface area contributed by atoms with Gasteiger partial charge in [-0.1, -0.05) is 12.1 Å². The lowest BCUT2D eigenvalue weighted by Gasteiger charge is -2.01. The Morgan fingerprint density at radius 2 is 1.21 bits per heavy atom. The molecule has 2 aromatic rings. The third-order valence-electron chi connectivity index (χ3n) is 2.92. The molecule has 14 heteroatoms. The maximum atomic E-state index is 11.6. The van der Waals surface area contributed by atoms with Gasteiger partial charge in [0.1, 0.15) is 0 Å². The topological polar surface area (TPSA) is 180 Å². The number of nitro benzene ring substituents is 2. The van der Waals surface area contributed by atoms with Crippen LogP contribution in [0, 0.1) is 20.2 Å². The molecule has 0 spiro atoms. The Labute approximate surface area is 156 Å². The minimum atomic E-state index is -3.23. The Hall–Kier alpha value is -4.12. The Kier molecular flexibility index (Phi) is 6.49. The predicted octanol–water partition coefficient (Wildman–Crippen LogP) is 3.96. The molecule has 0 bridgehead atoms. The van der Waals surface area contributed by atoms with Gasteiger partial charge < -0.3 is 0 Å². The number of hydrogen-bond donors (Lipinski definition) is 2. The number of non-ortho nitro benzene ring substituents is 2. The fraction of sp³-hybridized carbons (Fsp3) is 0. The largest absolute Gasteiger partial charge is 0.815 e. The fourth-order valence-corrected chi connectivity index (χ4v) is 2.23. The van der Waals surface area contributed by atoms with Gasteiger partial charge in [-0.05, 0) is 12.1 Å². The molecule has 2 rings (SSSR count). The van der Waals surface area contributed by atoms with Crippen molar-refractivity contribution in [3.63, 3.8) is 0 Å². The van der Waals surface area contributed by atoms with Crippen molar-refractivity contribution < 1.29 is 33.0 Å². The van der Waals surface area contributed by atoms with Crippen LogP contribution in [0.1, 0.15) is 0 Å². The van der Waals surface area contributed by atoms with E-state index >= 15 is 0 Å². The molecule has 0 heterocycles. The van der Waals surface area contributed by atoms with Crippen LogP contribution in [0.2, 0.25) is 0 Å². The Balaban J connectivity index is 1.87. The van der Waals surface area contributed by atoms with E-state index in [-0.39, 0.29) is 22.7 Å². The molecule has 0 atom stereocenters. The number of benzene rings is 2. The number of carbonyl (C=O) groups excluding carboxylic acids is 2. The molecule has 28 heavy (non-hydrogen) atoms. The SMILES string of the molecule is O=C(Nc1cccc([N+](=O)[O-])c1)O[P+](=O)OC(=O)Nc1cccc([N+](=O)[O-])c1. The highest BCUT2D eigenvalue weighted by atomic mass is 31.1. The fourth-order valence-electron chi connectivity index (χ4n) is 1.83. The maximum Gasteiger partial charge on any atom is 0.815 e. The van der Waals surface area contributed by atoms with Crippen molar-refractivity contribution in [2.24, 2.45) is 0 Å². The van der Waals surface area contributed by atoms with E-state index in [1.807, 2.05) is 0 Å². The Morgan fingerprint density at radius 3 is 1.57 bits per heavy atom. The van der Waals surface area contributed by atoms with Gasteiger partial charge in [0.05, 0.1) is 21.2 Å². The number of hydrogen-bond acceptors (Lipinski definition) is 9. The molecule has 0 fully saturated rings. The smallest absolute Gasteiger partial charge is 0.287 e. The summed E-state index contributed by atoms with van der Waals surface area (Å²) in [4.78, 5) is 43.1. The van der Waals surface area contributed by atoms with Gasteiger partial charge in [0, 0.05) is 28.8 Å². The number of amides is 2. The van der Waals surface area contributed by atoms with E-state index in [1.165, 1.54) is 36.4 Å². The molecule has 2 aromatic carbocycles. The molecule has 144 valence electrons. The predicted molar refractivity (Wildman–Crippen MR) is 94.0 cm³/mol. The van der Waals surface area contributed by atoms with E-state index in [4.69, 9.17) is 0 Å². The third kappa shape index (κ3) is 6.00. The van der Waals surface area contributed by atoms with Crippen LogP contribution in [0.5, 0.6) is 0 Å². The van der Waals surface area contributed by atoms with E-state index in [2.05, 4.69) is 19.7 Å². The first-order valence-corrected chi connectivity index (χ1v) is 8.28. The first-order chi connectivity index (χ1) is 13.2. The van der Waals surface area contributed by atoms with Crippen LogP contribution in [0.15, 0.2) is 48.5 Å². The minimum absolute atomic E-state index is 0.0105. The average Bonchev–Trinajstić information content (AvgIpc) is 2.61. The van der Waals surface area contributed by atoms with E-state index < -0.39 is 30.3 Å². The highest BCUT2D eigenvalue weighted by Crippen LogP contribution is 2.27.